The van der Waals surface area contributed by atoms with Crippen LogP contribution in [0.4, 0.5) is 0 Å². The highest BCUT2D eigenvalue weighted by Crippen LogP contribution is 2.19. The Morgan fingerprint density at radius 1 is 0.618 bits per heavy atom. The minimum Gasteiger partial charge on any atom is -0.466 e. The molecule has 0 aromatic heterocycles. The molecule has 0 saturated carbocycles. The molecule has 0 spiro atoms. The Bertz CT molecular complexity index is 640. The molecule has 34 heavy (non-hydrogen) atoms. The molecule has 1 rings (SSSR count). The summed E-state index contributed by atoms with van der Waals surface area (Å²) in [5.41, 5.74) is 1.01. The summed E-state index contributed by atoms with van der Waals surface area (Å²) in [7, 11) is 0. The van der Waals surface area contributed by atoms with E-state index < -0.39 is 0 Å². The van der Waals surface area contributed by atoms with Gasteiger partial charge in [0, 0.05) is 12.8 Å². The third kappa shape index (κ3) is 16.7. The molecule has 0 heterocycles. The van der Waals surface area contributed by atoms with Crippen molar-refractivity contribution in [1.82, 2.24) is 0 Å². The summed E-state index contributed by atoms with van der Waals surface area (Å²) >= 11 is 0. The summed E-state index contributed by atoms with van der Waals surface area (Å²) in [5, 5.41) is 0. The molecule has 0 saturated heterocycles. The van der Waals surface area contributed by atoms with Crippen molar-refractivity contribution in [3.8, 4) is 5.75 Å². The summed E-state index contributed by atoms with van der Waals surface area (Å²) in [6.45, 7) is 4.79. The summed E-state index contributed by atoms with van der Waals surface area (Å²) in [6, 6.07) is 7.56. The molecule has 0 atom stereocenters. The fourth-order valence-corrected chi connectivity index (χ4v) is 4.18. The van der Waals surface area contributed by atoms with Gasteiger partial charge in [0.25, 0.3) is 0 Å². The minimum absolute atomic E-state index is 0.216. The lowest BCUT2D eigenvalue weighted by Gasteiger charge is -2.08. The number of carbonyl (C=O) groups excluding carboxylic acids is 2. The Hall–Kier alpha value is -1.84. The monoisotopic (exact) mass is 474 g/mol. The first-order valence-corrected chi connectivity index (χ1v) is 14.1. The topological polar surface area (TPSA) is 52.6 Å². The van der Waals surface area contributed by atoms with Crippen molar-refractivity contribution in [2.24, 2.45) is 0 Å². The highest BCUT2D eigenvalue weighted by Gasteiger charge is 2.10. The molecule has 194 valence electrons. The molecular weight excluding hydrogens is 424 g/mol. The second-order valence-electron chi connectivity index (χ2n) is 9.46. The Morgan fingerprint density at radius 3 is 1.68 bits per heavy atom. The van der Waals surface area contributed by atoms with E-state index in [1.807, 2.05) is 31.2 Å². The van der Waals surface area contributed by atoms with Gasteiger partial charge in [0.1, 0.15) is 5.75 Å². The quantitative estimate of drug-likeness (QED) is 0.0957. The van der Waals surface area contributed by atoms with Crippen LogP contribution in [0, 0.1) is 0 Å². The molecule has 0 N–H and O–H groups in total. The lowest BCUT2D eigenvalue weighted by atomic mass is 10.0. The Morgan fingerprint density at radius 2 is 1.12 bits per heavy atom. The van der Waals surface area contributed by atoms with Crippen molar-refractivity contribution in [3.63, 3.8) is 0 Å². The Balaban J connectivity index is 1.86. The maximum atomic E-state index is 12.0. The van der Waals surface area contributed by atoms with Crippen LogP contribution in [0.15, 0.2) is 24.3 Å². The highest BCUT2D eigenvalue weighted by atomic mass is 16.5. The Kier molecular flexibility index (Phi) is 19.2. The highest BCUT2D eigenvalue weighted by molar-refractivity contribution is 5.74. The lowest BCUT2D eigenvalue weighted by molar-refractivity contribution is -0.144. The number of hydrogen-bond donors (Lipinski definition) is 0. The van der Waals surface area contributed by atoms with Gasteiger partial charge < -0.3 is 9.47 Å². The van der Waals surface area contributed by atoms with Gasteiger partial charge in [-0.05, 0) is 30.9 Å². The van der Waals surface area contributed by atoms with Gasteiger partial charge in [0.2, 0.25) is 0 Å². The number of unbranched alkanes of at least 4 members (excludes halogenated alkanes) is 14. The second-order valence-corrected chi connectivity index (χ2v) is 9.46. The largest absolute Gasteiger partial charge is 0.466 e. The molecule has 0 aliphatic rings. The molecule has 4 nitrogen and oxygen atoms in total. The van der Waals surface area contributed by atoms with Gasteiger partial charge in [0.15, 0.2) is 0 Å². The van der Waals surface area contributed by atoms with Crippen molar-refractivity contribution >= 4 is 11.9 Å². The van der Waals surface area contributed by atoms with Gasteiger partial charge in [-0.3, -0.25) is 9.59 Å². The maximum Gasteiger partial charge on any atom is 0.311 e. The second kappa shape index (κ2) is 21.7. The van der Waals surface area contributed by atoms with Gasteiger partial charge in [0.05, 0.1) is 6.61 Å². The first-order valence-electron chi connectivity index (χ1n) is 14.1. The van der Waals surface area contributed by atoms with Crippen LogP contribution in [0.25, 0.3) is 0 Å². The summed E-state index contributed by atoms with van der Waals surface area (Å²) in [4.78, 5) is 23.9. The number of benzene rings is 1. The smallest absolute Gasteiger partial charge is 0.311 e. The van der Waals surface area contributed by atoms with E-state index in [1.165, 1.54) is 83.5 Å². The number of ether oxygens (including phenoxy) is 2. The zero-order chi connectivity index (χ0) is 24.7. The van der Waals surface area contributed by atoms with Gasteiger partial charge in [-0.15, -0.1) is 0 Å². The number of para-hydroxylation sites is 1. The number of hydrogen-bond acceptors (Lipinski definition) is 4. The predicted octanol–water partition coefficient (Wildman–Crippen LogP) is 8.74. The van der Waals surface area contributed by atoms with Crippen molar-refractivity contribution in [3.05, 3.63) is 29.8 Å². The number of aryl methyl sites for hydroxylation is 1. The standard InChI is InChI=1S/C30H50O4/c1-3-5-6-7-8-9-10-11-12-13-14-15-16-17-20-26-33-29(31)24-21-25-30(32)34-28-23-19-18-22-27(28)4-2/h18-19,22-23H,3-17,20-21,24-26H2,1-2H3. The molecule has 0 bridgehead atoms. The van der Waals surface area contributed by atoms with Crippen LogP contribution >= 0.6 is 0 Å². The molecule has 0 unspecified atom stereocenters. The summed E-state index contributed by atoms with van der Waals surface area (Å²) < 4.78 is 10.7. The van der Waals surface area contributed by atoms with E-state index in [9.17, 15) is 9.59 Å². The summed E-state index contributed by atoms with van der Waals surface area (Å²) in [5.74, 6) is 0.106. The van der Waals surface area contributed by atoms with Crippen LogP contribution < -0.4 is 4.74 Å². The average Bonchev–Trinajstić information content (AvgIpc) is 2.84. The molecule has 0 fully saturated rings. The van der Waals surface area contributed by atoms with E-state index in [2.05, 4.69) is 6.92 Å². The van der Waals surface area contributed by atoms with Crippen LogP contribution in [-0.2, 0) is 20.7 Å². The van der Waals surface area contributed by atoms with Crippen LogP contribution in [0.5, 0.6) is 5.75 Å². The fraction of sp³-hybridized carbons (Fsp3) is 0.733. The molecule has 1 aromatic carbocycles. The van der Waals surface area contributed by atoms with Gasteiger partial charge in [-0.1, -0.05) is 122 Å². The average molecular weight is 475 g/mol. The van der Waals surface area contributed by atoms with Crippen LogP contribution in [0.1, 0.15) is 135 Å². The van der Waals surface area contributed by atoms with Crippen LogP contribution in [-0.4, -0.2) is 18.5 Å². The van der Waals surface area contributed by atoms with E-state index in [4.69, 9.17) is 9.47 Å². The molecule has 4 heteroatoms. The SMILES string of the molecule is CCCCCCCCCCCCCCCCCOC(=O)CCCC(=O)Oc1ccccc1CC. The van der Waals surface area contributed by atoms with Crippen molar-refractivity contribution < 1.29 is 19.1 Å². The van der Waals surface area contributed by atoms with Gasteiger partial charge in [-0.2, -0.15) is 0 Å². The van der Waals surface area contributed by atoms with Crippen molar-refractivity contribution in [2.75, 3.05) is 6.61 Å². The lowest BCUT2D eigenvalue weighted by Crippen LogP contribution is -2.11. The normalized spacial score (nSPS) is 10.9. The van der Waals surface area contributed by atoms with Gasteiger partial charge in [-0.25, -0.2) is 0 Å². The molecule has 1 aromatic rings. The first-order chi connectivity index (χ1) is 16.7. The first kappa shape index (κ1) is 30.2. The number of carbonyl (C=O) groups is 2. The van der Waals surface area contributed by atoms with E-state index in [0.29, 0.717) is 18.8 Å². The Labute approximate surface area is 209 Å². The van der Waals surface area contributed by atoms with Crippen LogP contribution in [0.2, 0.25) is 0 Å². The zero-order valence-electron chi connectivity index (χ0n) is 22.1. The maximum absolute atomic E-state index is 12.0. The van der Waals surface area contributed by atoms with E-state index in [1.54, 1.807) is 0 Å². The summed E-state index contributed by atoms with van der Waals surface area (Å²) in [6.07, 6.45) is 21.6. The minimum atomic E-state index is -0.295. The fourth-order valence-electron chi connectivity index (χ4n) is 4.18. The predicted molar refractivity (Wildman–Crippen MR) is 141 cm³/mol. The molecule has 0 aliphatic heterocycles. The number of esters is 2. The van der Waals surface area contributed by atoms with E-state index >= 15 is 0 Å². The molecule has 0 radical (unpaired) electrons. The zero-order valence-corrected chi connectivity index (χ0v) is 22.1. The number of rotatable bonds is 22. The van der Waals surface area contributed by atoms with Crippen molar-refractivity contribution in [1.29, 1.82) is 0 Å². The molecule has 0 amide bonds. The van der Waals surface area contributed by atoms with Crippen molar-refractivity contribution in [2.45, 2.75) is 136 Å². The van der Waals surface area contributed by atoms with Crippen LogP contribution in [0.3, 0.4) is 0 Å². The van der Waals surface area contributed by atoms with Gasteiger partial charge >= 0.3 is 11.9 Å². The van der Waals surface area contributed by atoms with E-state index in [0.717, 1.165) is 24.8 Å². The molecular formula is C30H50O4. The third-order valence-electron chi connectivity index (χ3n) is 6.35. The van der Waals surface area contributed by atoms with E-state index in [-0.39, 0.29) is 24.8 Å². The third-order valence-corrected chi connectivity index (χ3v) is 6.35. The molecule has 0 aliphatic carbocycles.